The van der Waals surface area contributed by atoms with Crippen molar-refractivity contribution in [2.24, 2.45) is 7.05 Å². The highest BCUT2D eigenvalue weighted by atomic mass is 32.2. The van der Waals surface area contributed by atoms with Crippen molar-refractivity contribution < 1.29 is 12.8 Å². The van der Waals surface area contributed by atoms with Crippen LogP contribution in [-0.2, 0) is 23.6 Å². The van der Waals surface area contributed by atoms with Crippen LogP contribution in [0.2, 0.25) is 0 Å². The quantitative estimate of drug-likeness (QED) is 0.579. The third-order valence-electron chi connectivity index (χ3n) is 7.07. The fourth-order valence-electron chi connectivity index (χ4n) is 4.95. The molecule has 1 N–H and O–H groups in total. The predicted octanol–water partition coefficient (Wildman–Crippen LogP) is 3.09. The Balaban J connectivity index is 1.29. The molecule has 1 aromatic heterocycles. The molecule has 0 spiro atoms. The van der Waals surface area contributed by atoms with Gasteiger partial charge in [-0.1, -0.05) is 36.8 Å². The molecule has 3 aromatic rings. The van der Waals surface area contributed by atoms with Crippen molar-refractivity contribution in [3.05, 3.63) is 60.2 Å². The molecular weight excluding hydrogens is 455 g/mol. The monoisotopic (exact) mass is 484 g/mol. The fourth-order valence-corrected chi connectivity index (χ4v) is 6.48. The lowest BCUT2D eigenvalue weighted by molar-refractivity contribution is 0.0442. The number of hydrogen-bond acceptors (Lipinski definition) is 6. The molecule has 2 aliphatic heterocycles. The van der Waals surface area contributed by atoms with E-state index in [2.05, 4.69) is 27.5 Å². The van der Waals surface area contributed by atoms with Gasteiger partial charge >= 0.3 is 0 Å². The topological polar surface area (TPSA) is 83.4 Å². The van der Waals surface area contributed by atoms with Crippen LogP contribution in [0.3, 0.4) is 0 Å². The number of rotatable bonds is 6. The maximum Gasteiger partial charge on any atom is 0.243 e. The molecular formula is C24H29FN6O2S. The number of anilines is 1. The standard InChI is InChI=1S/C24H29FN6O2S/c1-29-18-9-6-10-19(29)16-31(15-18)34(32,33)20-11-12-22(21(25)13-20)26-14-23-27-28-24(30(23)2)17-7-4-3-5-8-17/h3-5,7-8,11-13,18-19,26H,6,9-10,14-16H2,1-2H3. The molecule has 0 amide bonds. The van der Waals surface area contributed by atoms with E-state index in [1.54, 1.807) is 0 Å². The molecule has 0 aliphatic carbocycles. The molecule has 0 saturated carbocycles. The molecule has 2 unspecified atom stereocenters. The highest BCUT2D eigenvalue weighted by Gasteiger charge is 2.40. The van der Waals surface area contributed by atoms with Gasteiger partial charge in [-0.25, -0.2) is 12.8 Å². The van der Waals surface area contributed by atoms with Crippen molar-refractivity contribution in [3.63, 3.8) is 0 Å². The van der Waals surface area contributed by atoms with Crippen molar-refractivity contribution in [2.45, 2.75) is 42.8 Å². The van der Waals surface area contributed by atoms with Crippen molar-refractivity contribution in [3.8, 4) is 11.4 Å². The maximum atomic E-state index is 14.9. The number of nitrogens with zero attached hydrogens (tertiary/aromatic N) is 5. The van der Waals surface area contributed by atoms with Gasteiger partial charge in [0, 0.05) is 37.8 Å². The lowest BCUT2D eigenvalue weighted by atomic mass is 9.93. The van der Waals surface area contributed by atoms with Crippen LogP contribution in [-0.4, -0.2) is 64.6 Å². The van der Waals surface area contributed by atoms with Gasteiger partial charge in [0.05, 0.1) is 17.1 Å². The van der Waals surface area contributed by atoms with E-state index >= 15 is 0 Å². The molecule has 10 heteroatoms. The Morgan fingerprint density at radius 3 is 2.41 bits per heavy atom. The summed E-state index contributed by atoms with van der Waals surface area (Å²) in [6.45, 7) is 1.15. The third kappa shape index (κ3) is 4.21. The van der Waals surface area contributed by atoms with E-state index in [0.29, 0.717) is 18.9 Å². The van der Waals surface area contributed by atoms with E-state index in [0.717, 1.165) is 36.7 Å². The van der Waals surface area contributed by atoms with Crippen LogP contribution in [0.25, 0.3) is 11.4 Å². The van der Waals surface area contributed by atoms with E-state index in [1.807, 2.05) is 41.9 Å². The Hall–Kier alpha value is -2.82. The SMILES string of the molecule is CN1C2CCCC1CN(S(=O)(=O)c1ccc(NCc3nnc(-c4ccccc4)n3C)c(F)c1)C2. The summed E-state index contributed by atoms with van der Waals surface area (Å²) in [7, 11) is 0.170. The molecule has 180 valence electrons. The Kier molecular flexibility index (Phi) is 6.13. The first-order valence-electron chi connectivity index (χ1n) is 11.5. The first-order chi connectivity index (χ1) is 16.3. The average molecular weight is 485 g/mol. The lowest BCUT2D eigenvalue weighted by Crippen LogP contribution is -2.60. The second-order valence-corrected chi connectivity index (χ2v) is 11.0. The van der Waals surface area contributed by atoms with E-state index in [9.17, 15) is 12.8 Å². The summed E-state index contributed by atoms with van der Waals surface area (Å²) in [6.07, 6.45) is 3.11. The summed E-state index contributed by atoms with van der Waals surface area (Å²) in [6, 6.07) is 14.2. The normalized spacial score (nSPS) is 21.5. The summed E-state index contributed by atoms with van der Waals surface area (Å²) in [4.78, 5) is 2.28. The van der Waals surface area contributed by atoms with Gasteiger partial charge in [-0.3, -0.25) is 4.90 Å². The zero-order chi connectivity index (χ0) is 23.9. The molecule has 3 heterocycles. The van der Waals surface area contributed by atoms with Gasteiger partial charge in [0.25, 0.3) is 0 Å². The number of piperazine rings is 1. The van der Waals surface area contributed by atoms with Gasteiger partial charge < -0.3 is 9.88 Å². The van der Waals surface area contributed by atoms with Crippen LogP contribution in [0.4, 0.5) is 10.1 Å². The number of likely N-dealkylation sites (N-methyl/N-ethyl adjacent to an activating group) is 1. The van der Waals surface area contributed by atoms with Crippen LogP contribution in [0.1, 0.15) is 25.1 Å². The maximum absolute atomic E-state index is 14.9. The van der Waals surface area contributed by atoms with Gasteiger partial charge in [-0.05, 0) is 38.1 Å². The van der Waals surface area contributed by atoms with Crippen LogP contribution in [0, 0.1) is 5.82 Å². The zero-order valence-electron chi connectivity index (χ0n) is 19.4. The minimum atomic E-state index is -3.76. The van der Waals surface area contributed by atoms with E-state index in [4.69, 9.17) is 0 Å². The molecule has 2 saturated heterocycles. The minimum absolute atomic E-state index is 0.0109. The van der Waals surface area contributed by atoms with Crippen LogP contribution in [0.5, 0.6) is 0 Å². The average Bonchev–Trinajstić information content (AvgIpc) is 3.18. The van der Waals surface area contributed by atoms with Gasteiger partial charge in [0.1, 0.15) is 5.82 Å². The Morgan fingerprint density at radius 2 is 1.74 bits per heavy atom. The van der Waals surface area contributed by atoms with E-state index < -0.39 is 15.8 Å². The van der Waals surface area contributed by atoms with Crippen molar-refractivity contribution >= 4 is 15.7 Å². The van der Waals surface area contributed by atoms with E-state index in [-0.39, 0.29) is 29.2 Å². The summed E-state index contributed by atoms with van der Waals surface area (Å²) in [5.41, 5.74) is 1.16. The second kappa shape index (κ2) is 9.09. The first-order valence-corrected chi connectivity index (χ1v) is 13.0. The fraction of sp³-hybridized carbons (Fsp3) is 0.417. The van der Waals surface area contributed by atoms with Crippen LogP contribution < -0.4 is 5.32 Å². The Bertz CT molecular complexity index is 1270. The molecule has 2 atom stereocenters. The molecule has 5 rings (SSSR count). The summed E-state index contributed by atoms with van der Waals surface area (Å²) >= 11 is 0. The number of fused-ring (bicyclic) bond motifs is 2. The molecule has 0 radical (unpaired) electrons. The molecule has 2 bridgehead atoms. The number of nitrogens with one attached hydrogen (secondary N) is 1. The number of sulfonamides is 1. The molecule has 8 nitrogen and oxygen atoms in total. The summed E-state index contributed by atoms with van der Waals surface area (Å²) < 4.78 is 44.8. The predicted molar refractivity (Wildman–Crippen MR) is 128 cm³/mol. The molecule has 2 aliphatic rings. The van der Waals surface area contributed by atoms with Crippen molar-refractivity contribution in [2.75, 3.05) is 25.5 Å². The third-order valence-corrected chi connectivity index (χ3v) is 8.90. The number of piperidine rings is 1. The zero-order valence-corrected chi connectivity index (χ0v) is 20.2. The second-order valence-electron chi connectivity index (χ2n) is 9.09. The number of halogens is 1. The highest BCUT2D eigenvalue weighted by molar-refractivity contribution is 7.89. The summed E-state index contributed by atoms with van der Waals surface area (Å²) in [5.74, 6) is 0.746. The van der Waals surface area contributed by atoms with Gasteiger partial charge in [0.15, 0.2) is 11.6 Å². The largest absolute Gasteiger partial charge is 0.375 e. The number of hydrogen-bond donors (Lipinski definition) is 1. The Labute approximate surface area is 199 Å². The lowest BCUT2D eigenvalue weighted by Gasteiger charge is -2.47. The number of benzene rings is 2. The molecule has 34 heavy (non-hydrogen) atoms. The summed E-state index contributed by atoms with van der Waals surface area (Å²) in [5, 5.41) is 11.5. The van der Waals surface area contributed by atoms with E-state index in [1.165, 1.54) is 16.4 Å². The highest BCUT2D eigenvalue weighted by Crippen LogP contribution is 2.31. The van der Waals surface area contributed by atoms with Gasteiger partial charge in [-0.2, -0.15) is 4.31 Å². The first kappa shape index (κ1) is 22.9. The Morgan fingerprint density at radius 1 is 1.03 bits per heavy atom. The number of aromatic nitrogens is 3. The van der Waals surface area contributed by atoms with Crippen molar-refractivity contribution in [1.29, 1.82) is 0 Å². The van der Waals surface area contributed by atoms with Gasteiger partial charge in [0.2, 0.25) is 10.0 Å². The van der Waals surface area contributed by atoms with Gasteiger partial charge in [-0.15, -0.1) is 10.2 Å². The van der Waals surface area contributed by atoms with Crippen LogP contribution >= 0.6 is 0 Å². The van der Waals surface area contributed by atoms with Crippen LogP contribution in [0.15, 0.2) is 53.4 Å². The molecule has 2 fully saturated rings. The van der Waals surface area contributed by atoms with Crippen molar-refractivity contribution in [1.82, 2.24) is 24.0 Å². The minimum Gasteiger partial charge on any atom is -0.375 e. The smallest absolute Gasteiger partial charge is 0.243 e. The molecule has 2 aromatic carbocycles.